The Bertz CT molecular complexity index is 794. The number of thiazole rings is 1. The zero-order valence-corrected chi connectivity index (χ0v) is 13.4. The second-order valence-electron chi connectivity index (χ2n) is 4.26. The fraction of sp³-hybridized carbons (Fsp3) is 0.154. The molecular formula is C13H11ClN4OS2. The molecule has 0 amide bonds. The van der Waals surface area contributed by atoms with Gasteiger partial charge in [-0.25, -0.2) is 9.50 Å². The van der Waals surface area contributed by atoms with Gasteiger partial charge < -0.3 is 5.21 Å². The highest BCUT2D eigenvalue weighted by Gasteiger charge is 2.16. The van der Waals surface area contributed by atoms with Gasteiger partial charge in [0.05, 0.1) is 10.6 Å². The monoisotopic (exact) mass is 338 g/mol. The highest BCUT2D eigenvalue weighted by molar-refractivity contribution is 8.00. The molecule has 0 aliphatic heterocycles. The smallest absolute Gasteiger partial charge is 0.212 e. The van der Waals surface area contributed by atoms with Crippen molar-refractivity contribution in [1.29, 1.82) is 0 Å². The number of halogens is 1. The lowest BCUT2D eigenvalue weighted by Crippen LogP contribution is -2.05. The average Bonchev–Trinajstić information content (AvgIpc) is 3.06. The number of rotatable bonds is 4. The van der Waals surface area contributed by atoms with Crippen LogP contribution >= 0.6 is 34.7 Å². The molecule has 0 fully saturated rings. The summed E-state index contributed by atoms with van der Waals surface area (Å²) in [6.45, 7) is 1.94. The lowest BCUT2D eigenvalue weighted by Gasteiger charge is -2.04. The van der Waals surface area contributed by atoms with E-state index in [1.54, 1.807) is 16.3 Å². The number of aromatic nitrogens is 3. The van der Waals surface area contributed by atoms with Crippen molar-refractivity contribution in [3.8, 4) is 0 Å². The Balaban J connectivity index is 1.80. The molecule has 1 aromatic carbocycles. The first kappa shape index (κ1) is 14.4. The molecule has 2 heterocycles. The molecule has 0 aliphatic rings. The molecule has 2 aromatic heterocycles. The van der Waals surface area contributed by atoms with Crippen LogP contribution in [0, 0.1) is 6.92 Å². The summed E-state index contributed by atoms with van der Waals surface area (Å²) in [5.74, 6) is 0.558. The zero-order chi connectivity index (χ0) is 14.8. The van der Waals surface area contributed by atoms with Crippen molar-refractivity contribution < 1.29 is 5.21 Å². The molecule has 0 spiro atoms. The van der Waals surface area contributed by atoms with Crippen molar-refractivity contribution in [3.05, 3.63) is 46.2 Å². The summed E-state index contributed by atoms with van der Waals surface area (Å²) in [5, 5.41) is 17.6. The molecular weight excluding hydrogens is 328 g/mol. The van der Waals surface area contributed by atoms with Crippen molar-refractivity contribution in [1.82, 2.24) is 14.6 Å². The molecule has 21 heavy (non-hydrogen) atoms. The third-order valence-corrected chi connectivity index (χ3v) is 5.40. The second-order valence-corrected chi connectivity index (χ2v) is 6.72. The summed E-state index contributed by atoms with van der Waals surface area (Å²) < 4.78 is 1.75. The van der Waals surface area contributed by atoms with Crippen LogP contribution < -0.4 is 0 Å². The minimum absolute atomic E-state index is 0.558. The van der Waals surface area contributed by atoms with E-state index in [4.69, 9.17) is 11.6 Å². The number of nitrogens with zero attached hydrogens (tertiary/aromatic N) is 4. The van der Waals surface area contributed by atoms with E-state index in [2.05, 4.69) is 15.2 Å². The number of aryl methyl sites for hydroxylation is 1. The molecule has 0 atom stereocenters. The van der Waals surface area contributed by atoms with Crippen molar-refractivity contribution in [2.75, 3.05) is 5.75 Å². The van der Waals surface area contributed by atoms with Crippen molar-refractivity contribution >= 4 is 45.4 Å². The van der Waals surface area contributed by atoms with E-state index in [1.807, 2.05) is 31.2 Å². The summed E-state index contributed by atoms with van der Waals surface area (Å²) in [7, 11) is 0. The average molecular weight is 339 g/mol. The van der Waals surface area contributed by atoms with Gasteiger partial charge >= 0.3 is 0 Å². The Kier molecular flexibility index (Phi) is 4.14. The summed E-state index contributed by atoms with van der Waals surface area (Å²) in [4.78, 5) is 6.91. The molecule has 0 radical (unpaired) electrons. The van der Waals surface area contributed by atoms with Crippen LogP contribution in [0.5, 0.6) is 0 Å². The molecule has 5 nitrogen and oxygen atoms in total. The van der Waals surface area contributed by atoms with Gasteiger partial charge in [0.2, 0.25) is 4.96 Å². The van der Waals surface area contributed by atoms with E-state index in [9.17, 15) is 5.21 Å². The number of fused-ring (bicyclic) bond motifs is 1. The third-order valence-electron chi connectivity index (χ3n) is 2.93. The summed E-state index contributed by atoms with van der Waals surface area (Å²) in [6, 6.07) is 7.57. The first-order valence-corrected chi connectivity index (χ1v) is 8.26. The third kappa shape index (κ3) is 2.90. The molecule has 0 aliphatic carbocycles. The molecule has 1 N–H and O–H groups in total. The van der Waals surface area contributed by atoms with Gasteiger partial charge in [0.15, 0.2) is 0 Å². The number of oxime groups is 1. The number of hydrogen-bond acceptors (Lipinski definition) is 6. The highest BCUT2D eigenvalue weighted by Crippen LogP contribution is 2.26. The number of benzene rings is 1. The van der Waals surface area contributed by atoms with Gasteiger partial charge in [-0.1, -0.05) is 28.1 Å². The maximum Gasteiger partial charge on any atom is 0.212 e. The maximum absolute atomic E-state index is 9.30. The molecule has 108 valence electrons. The second kappa shape index (κ2) is 6.05. The van der Waals surface area contributed by atoms with Crippen LogP contribution in [0.4, 0.5) is 0 Å². The van der Waals surface area contributed by atoms with Crippen molar-refractivity contribution in [2.24, 2.45) is 5.16 Å². The fourth-order valence-corrected chi connectivity index (χ4v) is 3.95. The minimum Gasteiger partial charge on any atom is -0.411 e. The van der Waals surface area contributed by atoms with Crippen molar-refractivity contribution in [3.63, 3.8) is 0 Å². The summed E-state index contributed by atoms with van der Waals surface area (Å²) >= 11 is 8.91. The number of hydrogen-bond donors (Lipinski definition) is 1. The van der Waals surface area contributed by atoms with E-state index in [0.717, 1.165) is 20.4 Å². The van der Waals surface area contributed by atoms with E-state index in [0.29, 0.717) is 16.5 Å². The zero-order valence-electron chi connectivity index (χ0n) is 11.0. The van der Waals surface area contributed by atoms with E-state index in [1.165, 1.54) is 17.7 Å². The summed E-state index contributed by atoms with van der Waals surface area (Å²) in [6.07, 6.45) is 1.51. The molecule has 0 saturated heterocycles. The molecule has 0 saturated carbocycles. The van der Waals surface area contributed by atoms with Crippen LogP contribution in [0.15, 0.2) is 40.6 Å². The van der Waals surface area contributed by atoms with Crippen LogP contribution in [0.25, 0.3) is 4.96 Å². The standard InChI is InChI=1S/C13H11ClN4OS2/c1-8-12(21-13-15-7-16-18(8)13)11(17-19)6-20-10-4-2-9(14)3-5-10/h2-5,7,19H,6H2,1H3/b17-11+. The largest absolute Gasteiger partial charge is 0.411 e. The SMILES string of the molecule is Cc1c(/C(CSc2ccc(Cl)cc2)=N/O)sc2ncnn12. The lowest BCUT2D eigenvalue weighted by molar-refractivity contribution is 0.319. The predicted molar refractivity (Wildman–Crippen MR) is 86.1 cm³/mol. The number of thioether (sulfide) groups is 1. The molecule has 0 unspecified atom stereocenters. The normalized spacial score (nSPS) is 12.2. The van der Waals surface area contributed by atoms with Gasteiger partial charge in [-0.05, 0) is 31.2 Å². The van der Waals surface area contributed by atoms with Gasteiger partial charge in [0.1, 0.15) is 12.0 Å². The van der Waals surface area contributed by atoms with Gasteiger partial charge in [-0.3, -0.25) is 0 Å². The van der Waals surface area contributed by atoms with Gasteiger partial charge in [0.25, 0.3) is 0 Å². The van der Waals surface area contributed by atoms with Gasteiger partial charge in [0, 0.05) is 15.7 Å². The highest BCUT2D eigenvalue weighted by atomic mass is 35.5. The lowest BCUT2D eigenvalue weighted by atomic mass is 10.3. The Morgan fingerprint density at radius 2 is 2.19 bits per heavy atom. The minimum atomic E-state index is 0.558. The van der Waals surface area contributed by atoms with Gasteiger partial charge in [-0.15, -0.1) is 11.8 Å². The maximum atomic E-state index is 9.30. The van der Waals surface area contributed by atoms with Gasteiger partial charge in [-0.2, -0.15) is 5.10 Å². The van der Waals surface area contributed by atoms with Crippen LogP contribution in [0.3, 0.4) is 0 Å². The first-order chi connectivity index (χ1) is 10.2. The Morgan fingerprint density at radius 1 is 1.43 bits per heavy atom. The topological polar surface area (TPSA) is 62.8 Å². The van der Waals surface area contributed by atoms with Crippen LogP contribution in [-0.2, 0) is 0 Å². The van der Waals surface area contributed by atoms with E-state index >= 15 is 0 Å². The Hall–Kier alpha value is -1.57. The van der Waals surface area contributed by atoms with E-state index in [-0.39, 0.29) is 0 Å². The Labute approximate surface area is 134 Å². The summed E-state index contributed by atoms with van der Waals surface area (Å²) in [5.41, 5.74) is 1.54. The quantitative estimate of drug-likeness (QED) is 0.341. The molecule has 8 heteroatoms. The molecule has 0 bridgehead atoms. The first-order valence-electron chi connectivity index (χ1n) is 6.08. The van der Waals surface area contributed by atoms with Crippen LogP contribution in [-0.4, -0.2) is 31.3 Å². The molecule has 3 aromatic rings. The van der Waals surface area contributed by atoms with Crippen LogP contribution in [0.1, 0.15) is 10.6 Å². The fourth-order valence-electron chi connectivity index (χ4n) is 1.88. The Morgan fingerprint density at radius 3 is 2.86 bits per heavy atom. The van der Waals surface area contributed by atoms with E-state index < -0.39 is 0 Å². The van der Waals surface area contributed by atoms with Crippen LogP contribution in [0.2, 0.25) is 5.02 Å². The predicted octanol–water partition coefficient (Wildman–Crippen LogP) is 3.72. The van der Waals surface area contributed by atoms with Crippen molar-refractivity contribution in [2.45, 2.75) is 11.8 Å². The molecule has 3 rings (SSSR count).